The van der Waals surface area contributed by atoms with Crippen molar-refractivity contribution in [3.63, 3.8) is 0 Å². The van der Waals surface area contributed by atoms with E-state index in [1.54, 1.807) is 0 Å². The van der Waals surface area contributed by atoms with Crippen LogP contribution in [0.25, 0.3) is 0 Å². The summed E-state index contributed by atoms with van der Waals surface area (Å²) < 4.78 is 0. The molecule has 4 heteroatoms. The molecule has 2 rings (SSSR count). The van der Waals surface area contributed by atoms with Crippen LogP contribution in [-0.4, -0.2) is 43.1 Å². The SMILES string of the molecule is C[C@@H](N)c1ccc(N2CC[C@H](N(C)C)C2)nc1. The molecular weight excluding hydrogens is 212 g/mol. The second-order valence-electron chi connectivity index (χ2n) is 5.09. The molecule has 2 heterocycles. The summed E-state index contributed by atoms with van der Waals surface area (Å²) in [4.78, 5) is 9.13. The third-order valence-corrected chi connectivity index (χ3v) is 3.51. The molecule has 17 heavy (non-hydrogen) atoms. The summed E-state index contributed by atoms with van der Waals surface area (Å²) in [5.74, 6) is 1.07. The average molecular weight is 234 g/mol. The van der Waals surface area contributed by atoms with Crippen molar-refractivity contribution in [2.24, 2.45) is 5.73 Å². The Morgan fingerprint density at radius 2 is 2.24 bits per heavy atom. The van der Waals surface area contributed by atoms with E-state index in [2.05, 4.69) is 41.0 Å². The van der Waals surface area contributed by atoms with Crippen LogP contribution in [0.1, 0.15) is 24.9 Å². The van der Waals surface area contributed by atoms with Crippen LogP contribution in [0.3, 0.4) is 0 Å². The van der Waals surface area contributed by atoms with E-state index in [1.165, 1.54) is 6.42 Å². The zero-order valence-corrected chi connectivity index (χ0v) is 10.9. The largest absolute Gasteiger partial charge is 0.355 e. The van der Waals surface area contributed by atoms with Crippen LogP contribution < -0.4 is 10.6 Å². The smallest absolute Gasteiger partial charge is 0.128 e. The Hall–Kier alpha value is -1.13. The highest BCUT2D eigenvalue weighted by Gasteiger charge is 2.24. The molecule has 2 N–H and O–H groups in total. The van der Waals surface area contributed by atoms with Gasteiger partial charge in [-0.15, -0.1) is 0 Å². The van der Waals surface area contributed by atoms with Crippen LogP contribution in [-0.2, 0) is 0 Å². The Labute approximate surface area is 103 Å². The normalized spacial score (nSPS) is 22.2. The summed E-state index contributed by atoms with van der Waals surface area (Å²) in [7, 11) is 4.28. The molecule has 1 fully saturated rings. The number of pyridine rings is 1. The molecule has 1 aliphatic rings. The molecule has 0 saturated carbocycles. The summed E-state index contributed by atoms with van der Waals surface area (Å²) in [6.07, 6.45) is 3.10. The minimum Gasteiger partial charge on any atom is -0.355 e. The number of aromatic nitrogens is 1. The fraction of sp³-hybridized carbons (Fsp3) is 0.615. The van der Waals surface area contributed by atoms with Gasteiger partial charge in [0.1, 0.15) is 5.82 Å². The van der Waals surface area contributed by atoms with E-state index in [9.17, 15) is 0 Å². The number of rotatable bonds is 3. The van der Waals surface area contributed by atoms with E-state index in [0.29, 0.717) is 6.04 Å². The topological polar surface area (TPSA) is 45.4 Å². The van der Waals surface area contributed by atoms with Crippen LogP contribution in [0.4, 0.5) is 5.82 Å². The third-order valence-electron chi connectivity index (χ3n) is 3.51. The number of hydrogen-bond donors (Lipinski definition) is 1. The van der Waals surface area contributed by atoms with Gasteiger partial charge in [0.25, 0.3) is 0 Å². The van der Waals surface area contributed by atoms with Gasteiger partial charge in [0, 0.05) is 31.4 Å². The van der Waals surface area contributed by atoms with Gasteiger partial charge in [-0.2, -0.15) is 0 Å². The van der Waals surface area contributed by atoms with Crippen LogP contribution in [0.2, 0.25) is 0 Å². The van der Waals surface area contributed by atoms with Crippen molar-refractivity contribution in [3.8, 4) is 0 Å². The van der Waals surface area contributed by atoms with Crippen molar-refractivity contribution in [2.45, 2.75) is 25.4 Å². The van der Waals surface area contributed by atoms with Crippen molar-refractivity contribution < 1.29 is 0 Å². The van der Waals surface area contributed by atoms with Gasteiger partial charge in [-0.3, -0.25) is 0 Å². The van der Waals surface area contributed by atoms with Gasteiger partial charge in [0.15, 0.2) is 0 Å². The monoisotopic (exact) mass is 234 g/mol. The molecule has 1 aromatic rings. The molecule has 0 spiro atoms. The Balaban J connectivity index is 2.04. The zero-order chi connectivity index (χ0) is 12.4. The summed E-state index contributed by atoms with van der Waals surface area (Å²) in [5.41, 5.74) is 6.91. The number of nitrogens with two attached hydrogens (primary N) is 1. The lowest BCUT2D eigenvalue weighted by Crippen LogP contribution is -2.31. The maximum absolute atomic E-state index is 5.82. The van der Waals surface area contributed by atoms with Crippen molar-refractivity contribution in [1.82, 2.24) is 9.88 Å². The number of likely N-dealkylation sites (N-methyl/N-ethyl adjacent to an activating group) is 1. The van der Waals surface area contributed by atoms with Crippen LogP contribution in [0, 0.1) is 0 Å². The van der Waals surface area contributed by atoms with E-state index in [-0.39, 0.29) is 6.04 Å². The predicted molar refractivity (Wildman–Crippen MR) is 71.1 cm³/mol. The van der Waals surface area contributed by atoms with Gasteiger partial charge < -0.3 is 15.5 Å². The molecule has 4 nitrogen and oxygen atoms in total. The van der Waals surface area contributed by atoms with Crippen molar-refractivity contribution in [1.29, 1.82) is 0 Å². The minimum absolute atomic E-state index is 0.0599. The van der Waals surface area contributed by atoms with Crippen molar-refractivity contribution in [3.05, 3.63) is 23.9 Å². The molecular formula is C13H22N4. The first-order valence-electron chi connectivity index (χ1n) is 6.21. The zero-order valence-electron chi connectivity index (χ0n) is 10.9. The highest BCUT2D eigenvalue weighted by molar-refractivity contribution is 5.41. The van der Waals surface area contributed by atoms with Gasteiger partial charge in [-0.05, 0) is 39.1 Å². The summed E-state index contributed by atoms with van der Waals surface area (Å²) in [6, 6.07) is 4.86. The number of anilines is 1. The molecule has 0 radical (unpaired) electrons. The lowest BCUT2D eigenvalue weighted by molar-refractivity contribution is 0.315. The minimum atomic E-state index is 0.0599. The van der Waals surface area contributed by atoms with Crippen LogP contribution >= 0.6 is 0 Å². The molecule has 1 aromatic heterocycles. The second-order valence-corrected chi connectivity index (χ2v) is 5.09. The average Bonchev–Trinajstić information content (AvgIpc) is 2.78. The Bertz CT molecular complexity index is 358. The number of nitrogens with zero attached hydrogens (tertiary/aromatic N) is 3. The summed E-state index contributed by atoms with van der Waals surface area (Å²) in [5, 5.41) is 0. The van der Waals surface area contributed by atoms with E-state index < -0.39 is 0 Å². The van der Waals surface area contributed by atoms with Gasteiger partial charge in [0.2, 0.25) is 0 Å². The molecule has 0 bridgehead atoms. The van der Waals surface area contributed by atoms with E-state index in [4.69, 9.17) is 5.73 Å². The molecule has 2 atom stereocenters. The highest BCUT2D eigenvalue weighted by atomic mass is 15.3. The standard InChI is InChI=1S/C13H22N4/c1-10(14)11-4-5-13(15-8-11)17-7-6-12(9-17)16(2)3/h4-5,8,10,12H,6-7,9,14H2,1-3H3/t10-,12+/m1/s1. The number of hydrogen-bond acceptors (Lipinski definition) is 4. The Morgan fingerprint density at radius 3 is 2.71 bits per heavy atom. The van der Waals surface area contributed by atoms with Gasteiger partial charge >= 0.3 is 0 Å². The highest BCUT2D eigenvalue weighted by Crippen LogP contribution is 2.21. The lowest BCUT2D eigenvalue weighted by atomic mass is 10.1. The molecule has 0 aromatic carbocycles. The maximum atomic E-state index is 5.82. The summed E-state index contributed by atoms with van der Waals surface area (Å²) >= 11 is 0. The first-order valence-corrected chi connectivity index (χ1v) is 6.21. The molecule has 0 amide bonds. The molecule has 1 aliphatic heterocycles. The molecule has 1 saturated heterocycles. The van der Waals surface area contributed by atoms with Crippen molar-refractivity contribution >= 4 is 5.82 Å². The predicted octanol–water partition coefficient (Wildman–Crippen LogP) is 1.24. The fourth-order valence-electron chi connectivity index (χ4n) is 2.23. The summed E-state index contributed by atoms with van der Waals surface area (Å²) in [6.45, 7) is 4.14. The van der Waals surface area contributed by atoms with Crippen molar-refractivity contribution in [2.75, 3.05) is 32.1 Å². The molecule has 94 valence electrons. The first kappa shape index (κ1) is 12.3. The van der Waals surface area contributed by atoms with Gasteiger partial charge in [-0.25, -0.2) is 4.98 Å². The maximum Gasteiger partial charge on any atom is 0.128 e. The second kappa shape index (κ2) is 5.02. The lowest BCUT2D eigenvalue weighted by Gasteiger charge is -2.21. The third kappa shape index (κ3) is 2.76. The molecule has 0 aliphatic carbocycles. The van der Waals surface area contributed by atoms with E-state index in [1.807, 2.05) is 13.1 Å². The van der Waals surface area contributed by atoms with Gasteiger partial charge in [-0.1, -0.05) is 6.07 Å². The van der Waals surface area contributed by atoms with E-state index in [0.717, 1.165) is 24.5 Å². The Kier molecular flexibility index (Phi) is 3.64. The fourth-order valence-corrected chi connectivity index (χ4v) is 2.23. The molecule has 0 unspecified atom stereocenters. The quantitative estimate of drug-likeness (QED) is 0.855. The van der Waals surface area contributed by atoms with E-state index >= 15 is 0 Å². The Morgan fingerprint density at radius 1 is 1.47 bits per heavy atom. The van der Waals surface area contributed by atoms with Gasteiger partial charge in [0.05, 0.1) is 0 Å². The van der Waals surface area contributed by atoms with Crippen LogP contribution in [0.15, 0.2) is 18.3 Å². The first-order chi connectivity index (χ1) is 8.08. The van der Waals surface area contributed by atoms with Crippen LogP contribution in [0.5, 0.6) is 0 Å².